The maximum atomic E-state index is 12.7. The van der Waals surface area contributed by atoms with Gasteiger partial charge in [-0.1, -0.05) is 17.7 Å². The lowest BCUT2D eigenvalue weighted by atomic mass is 10.2. The van der Waals surface area contributed by atoms with Crippen LogP contribution in [-0.4, -0.2) is 13.4 Å². The molecule has 3 aromatic rings. The van der Waals surface area contributed by atoms with Gasteiger partial charge in [0, 0.05) is 12.3 Å². The Morgan fingerprint density at radius 3 is 2.48 bits per heavy atom. The fourth-order valence-corrected chi connectivity index (χ4v) is 3.73. The Morgan fingerprint density at radius 1 is 1.07 bits per heavy atom. The monoisotopic (exact) mass is 424 g/mol. The first-order chi connectivity index (χ1) is 13.8. The van der Waals surface area contributed by atoms with Gasteiger partial charge in [-0.05, 0) is 48.9 Å². The first kappa shape index (κ1) is 20.2. The number of hydrogen-bond acceptors (Lipinski definition) is 6. The van der Waals surface area contributed by atoms with Crippen LogP contribution in [0.5, 0.6) is 11.5 Å². The van der Waals surface area contributed by atoms with Gasteiger partial charge in [0.05, 0.1) is 21.0 Å². The lowest BCUT2D eigenvalue weighted by Crippen LogP contribution is -2.15. The summed E-state index contributed by atoms with van der Waals surface area (Å²) < 4.78 is 33.4. The summed E-state index contributed by atoms with van der Waals surface area (Å²) in [6, 6.07) is 15.7. The molecule has 1 N–H and O–H groups in total. The van der Waals surface area contributed by atoms with Gasteiger partial charge >= 0.3 is 0 Å². The van der Waals surface area contributed by atoms with Gasteiger partial charge in [-0.3, -0.25) is 4.72 Å². The van der Waals surface area contributed by atoms with Gasteiger partial charge in [0.15, 0.2) is 0 Å². The molecule has 0 aliphatic carbocycles. The summed E-state index contributed by atoms with van der Waals surface area (Å²) in [6.07, 6.45) is 1.48. The number of aryl methyl sites for hydroxylation is 1. The van der Waals surface area contributed by atoms with Crippen molar-refractivity contribution in [2.45, 2.75) is 11.8 Å². The predicted molar refractivity (Wildman–Crippen MR) is 107 cm³/mol. The Balaban J connectivity index is 1.91. The van der Waals surface area contributed by atoms with Crippen molar-refractivity contribution in [1.82, 2.24) is 4.98 Å². The van der Waals surface area contributed by atoms with E-state index in [1.165, 1.54) is 42.6 Å². The molecular weight excluding hydrogens is 412 g/mol. The molecule has 2 aromatic carbocycles. The molecule has 0 aliphatic rings. The van der Waals surface area contributed by atoms with Gasteiger partial charge in [0.2, 0.25) is 0 Å². The zero-order valence-electron chi connectivity index (χ0n) is 15.0. The number of anilines is 1. The van der Waals surface area contributed by atoms with Crippen LogP contribution >= 0.6 is 11.6 Å². The molecule has 144 valence electrons. The third-order valence-corrected chi connectivity index (χ3v) is 5.56. The van der Waals surface area contributed by atoms with E-state index in [9.17, 15) is 13.7 Å². The van der Waals surface area contributed by atoms with Crippen LogP contribution in [0.1, 0.15) is 16.7 Å². The molecule has 1 heterocycles. The molecule has 0 fully saturated rings. The largest absolute Gasteiger partial charge is 0.456 e. The maximum absolute atomic E-state index is 12.7. The minimum Gasteiger partial charge on any atom is -0.456 e. The van der Waals surface area contributed by atoms with E-state index < -0.39 is 10.0 Å². The maximum Gasteiger partial charge on any atom is 0.263 e. The van der Waals surface area contributed by atoms with E-state index in [0.717, 1.165) is 0 Å². The van der Waals surface area contributed by atoms with Crippen LogP contribution in [0.25, 0.3) is 0 Å². The standard InChI is InChI=1S/C20H13ClN4O3S/c1-13-3-2-8-24-20(13)25-29(26,27)17-6-7-19(15(9-17)12-23)28-16-5-4-14(11-22)18(21)10-16/h2-10H,1H3,(H,24,25). The van der Waals surface area contributed by atoms with Crippen LogP contribution in [0.4, 0.5) is 5.82 Å². The molecule has 0 saturated heterocycles. The summed E-state index contributed by atoms with van der Waals surface area (Å²) in [5.41, 5.74) is 0.970. The Hall–Kier alpha value is -3.59. The first-order valence-electron chi connectivity index (χ1n) is 8.20. The van der Waals surface area contributed by atoms with Crippen molar-refractivity contribution in [3.8, 4) is 23.6 Å². The van der Waals surface area contributed by atoms with Crippen LogP contribution in [-0.2, 0) is 10.0 Å². The summed E-state index contributed by atoms with van der Waals surface area (Å²) in [6.45, 7) is 1.73. The first-order valence-corrected chi connectivity index (χ1v) is 10.1. The SMILES string of the molecule is Cc1cccnc1NS(=O)(=O)c1ccc(Oc2ccc(C#N)c(Cl)c2)c(C#N)c1. The van der Waals surface area contributed by atoms with E-state index >= 15 is 0 Å². The number of aromatic nitrogens is 1. The van der Waals surface area contributed by atoms with Gasteiger partial charge in [0.25, 0.3) is 10.0 Å². The molecule has 3 rings (SSSR count). The Morgan fingerprint density at radius 2 is 1.83 bits per heavy atom. The minimum absolute atomic E-state index is 0.0195. The lowest BCUT2D eigenvalue weighted by Gasteiger charge is -2.12. The summed E-state index contributed by atoms with van der Waals surface area (Å²) >= 11 is 5.98. The van der Waals surface area contributed by atoms with Gasteiger partial charge in [-0.25, -0.2) is 13.4 Å². The van der Waals surface area contributed by atoms with E-state index in [-0.39, 0.29) is 32.6 Å². The van der Waals surface area contributed by atoms with Gasteiger partial charge in [-0.2, -0.15) is 10.5 Å². The molecule has 0 amide bonds. The molecule has 1 aromatic heterocycles. The number of ether oxygens (including phenoxy) is 1. The molecule has 29 heavy (non-hydrogen) atoms. The molecule has 9 heteroatoms. The molecular formula is C20H13ClN4O3S. The van der Waals surface area contributed by atoms with E-state index in [1.807, 2.05) is 12.1 Å². The number of pyridine rings is 1. The number of benzene rings is 2. The minimum atomic E-state index is -3.95. The van der Waals surface area contributed by atoms with Crippen molar-refractivity contribution in [1.29, 1.82) is 10.5 Å². The van der Waals surface area contributed by atoms with E-state index in [2.05, 4.69) is 9.71 Å². The molecule has 7 nitrogen and oxygen atoms in total. The fraction of sp³-hybridized carbons (Fsp3) is 0.0500. The fourth-order valence-electron chi connectivity index (χ4n) is 2.41. The van der Waals surface area contributed by atoms with Crippen LogP contribution in [0.2, 0.25) is 5.02 Å². The quantitative estimate of drug-likeness (QED) is 0.649. The number of nitrogens with one attached hydrogen (secondary N) is 1. The van der Waals surface area contributed by atoms with Crippen molar-refractivity contribution in [2.24, 2.45) is 0 Å². The third kappa shape index (κ3) is 4.46. The van der Waals surface area contributed by atoms with Gasteiger partial charge < -0.3 is 4.74 Å². The molecule has 0 saturated carbocycles. The molecule has 0 aliphatic heterocycles. The molecule has 0 atom stereocenters. The zero-order chi connectivity index (χ0) is 21.0. The van der Waals surface area contributed by atoms with Crippen molar-refractivity contribution in [3.05, 3.63) is 76.4 Å². The molecule has 0 spiro atoms. The number of halogens is 1. The second kappa shape index (κ2) is 8.19. The zero-order valence-corrected chi connectivity index (χ0v) is 16.6. The number of nitrogens with zero attached hydrogens (tertiary/aromatic N) is 3. The summed E-state index contributed by atoms with van der Waals surface area (Å²) in [4.78, 5) is 3.90. The second-order valence-electron chi connectivity index (χ2n) is 5.90. The third-order valence-electron chi connectivity index (χ3n) is 3.91. The van der Waals surface area contributed by atoms with E-state index in [1.54, 1.807) is 19.1 Å². The lowest BCUT2D eigenvalue weighted by molar-refractivity contribution is 0.480. The Labute approximate surface area is 172 Å². The van der Waals surface area contributed by atoms with Gasteiger partial charge in [0.1, 0.15) is 29.5 Å². The van der Waals surface area contributed by atoms with Crippen LogP contribution in [0.3, 0.4) is 0 Å². The van der Waals surface area contributed by atoms with E-state index in [4.69, 9.17) is 21.6 Å². The average molecular weight is 425 g/mol. The number of sulfonamides is 1. The normalized spacial score (nSPS) is 10.6. The summed E-state index contributed by atoms with van der Waals surface area (Å²) in [5.74, 6) is 0.670. The second-order valence-corrected chi connectivity index (χ2v) is 7.99. The topological polar surface area (TPSA) is 116 Å². The Kier molecular flexibility index (Phi) is 5.69. The van der Waals surface area contributed by atoms with Crippen molar-refractivity contribution in [3.63, 3.8) is 0 Å². The van der Waals surface area contributed by atoms with Crippen LogP contribution in [0, 0.1) is 29.6 Å². The van der Waals surface area contributed by atoms with Gasteiger partial charge in [-0.15, -0.1) is 0 Å². The highest BCUT2D eigenvalue weighted by atomic mass is 35.5. The summed E-state index contributed by atoms with van der Waals surface area (Å²) in [7, 11) is -3.95. The predicted octanol–water partition coefficient (Wildman–Crippen LogP) is 4.38. The molecule has 0 bridgehead atoms. The van der Waals surface area contributed by atoms with Crippen molar-refractivity contribution in [2.75, 3.05) is 4.72 Å². The van der Waals surface area contributed by atoms with Crippen molar-refractivity contribution < 1.29 is 13.2 Å². The smallest absolute Gasteiger partial charge is 0.263 e. The highest BCUT2D eigenvalue weighted by Gasteiger charge is 2.19. The Bertz CT molecular complexity index is 1280. The van der Waals surface area contributed by atoms with Crippen LogP contribution < -0.4 is 9.46 Å². The number of nitriles is 2. The molecule has 0 radical (unpaired) electrons. The highest BCUT2D eigenvalue weighted by Crippen LogP contribution is 2.30. The number of rotatable bonds is 5. The average Bonchev–Trinajstić information content (AvgIpc) is 2.70. The highest BCUT2D eigenvalue weighted by molar-refractivity contribution is 7.92. The van der Waals surface area contributed by atoms with Crippen molar-refractivity contribution >= 4 is 27.4 Å². The molecule has 0 unspecified atom stereocenters. The van der Waals surface area contributed by atoms with E-state index in [0.29, 0.717) is 11.3 Å². The van der Waals surface area contributed by atoms with Crippen LogP contribution in [0.15, 0.2) is 59.6 Å². The number of hydrogen-bond donors (Lipinski definition) is 1. The summed E-state index contributed by atoms with van der Waals surface area (Å²) in [5, 5.41) is 18.6.